The minimum absolute atomic E-state index is 0.604. The van der Waals surface area contributed by atoms with Crippen LogP contribution < -0.4 is 5.32 Å². The first kappa shape index (κ1) is 12.6. The summed E-state index contributed by atoms with van der Waals surface area (Å²) in [4.78, 5) is 9.82. The van der Waals surface area contributed by atoms with Gasteiger partial charge in [-0.2, -0.15) is 0 Å². The van der Waals surface area contributed by atoms with Crippen molar-refractivity contribution in [2.75, 3.05) is 26.7 Å². The second kappa shape index (κ2) is 6.17. The number of imidazole rings is 1. The topological polar surface area (TPSA) is 44.0 Å². The molecule has 4 heteroatoms. The summed E-state index contributed by atoms with van der Waals surface area (Å²) >= 11 is 0. The Morgan fingerprint density at radius 3 is 3.24 bits per heavy atom. The molecule has 96 valence electrons. The lowest BCUT2D eigenvalue weighted by Crippen LogP contribution is -2.43. The van der Waals surface area contributed by atoms with Crippen LogP contribution in [0.4, 0.5) is 0 Å². The van der Waals surface area contributed by atoms with E-state index in [1.807, 2.05) is 12.4 Å². The maximum absolute atomic E-state index is 4.23. The minimum Gasteiger partial charge on any atom is -0.349 e. The van der Waals surface area contributed by atoms with Crippen LogP contribution >= 0.6 is 0 Å². The minimum atomic E-state index is 0.604. The van der Waals surface area contributed by atoms with Gasteiger partial charge in [-0.25, -0.2) is 4.98 Å². The predicted octanol–water partition coefficient (Wildman–Crippen LogP) is 1.27. The zero-order valence-electron chi connectivity index (χ0n) is 10.9. The molecule has 0 radical (unpaired) electrons. The number of hydrogen-bond acceptors (Lipinski definition) is 3. The number of H-pyrrole nitrogens is 1. The highest BCUT2D eigenvalue weighted by molar-refractivity contribution is 4.88. The Morgan fingerprint density at radius 1 is 1.65 bits per heavy atom. The maximum Gasteiger partial charge on any atom is 0.107 e. The average molecular weight is 236 g/mol. The molecule has 0 bridgehead atoms. The van der Waals surface area contributed by atoms with E-state index in [-0.39, 0.29) is 0 Å². The molecule has 0 amide bonds. The van der Waals surface area contributed by atoms with Crippen LogP contribution in [0.3, 0.4) is 0 Å². The van der Waals surface area contributed by atoms with Gasteiger partial charge in [0.1, 0.15) is 5.82 Å². The van der Waals surface area contributed by atoms with Crippen molar-refractivity contribution < 1.29 is 0 Å². The molecule has 1 aliphatic heterocycles. The quantitative estimate of drug-likeness (QED) is 0.809. The second-order valence-electron chi connectivity index (χ2n) is 5.19. The predicted molar refractivity (Wildman–Crippen MR) is 70.0 cm³/mol. The van der Waals surface area contributed by atoms with Gasteiger partial charge in [0.05, 0.1) is 0 Å². The molecule has 2 N–H and O–H groups in total. The third-order valence-corrected chi connectivity index (χ3v) is 3.75. The average Bonchev–Trinajstić information content (AvgIpc) is 2.82. The van der Waals surface area contributed by atoms with Crippen molar-refractivity contribution in [1.29, 1.82) is 0 Å². The van der Waals surface area contributed by atoms with Crippen molar-refractivity contribution in [2.45, 2.75) is 32.2 Å². The molecule has 4 nitrogen and oxygen atoms in total. The Labute approximate surface area is 104 Å². The van der Waals surface area contributed by atoms with Crippen molar-refractivity contribution in [3.8, 4) is 0 Å². The molecule has 0 spiro atoms. The molecule has 1 fully saturated rings. The number of nitrogens with zero attached hydrogens (tertiary/aromatic N) is 2. The fourth-order valence-corrected chi connectivity index (χ4v) is 2.63. The van der Waals surface area contributed by atoms with Gasteiger partial charge in [0.15, 0.2) is 0 Å². The zero-order valence-corrected chi connectivity index (χ0v) is 10.9. The standard InChI is InChI=1S/C13H24N4/c1-11(12-4-3-9-17(2)10-12)14-6-5-13-15-7-8-16-13/h7-8,11-12,14H,3-6,9-10H2,1-2H3,(H,15,16). The van der Waals surface area contributed by atoms with E-state index >= 15 is 0 Å². The summed E-state index contributed by atoms with van der Waals surface area (Å²) in [5, 5.41) is 3.62. The summed E-state index contributed by atoms with van der Waals surface area (Å²) in [6.45, 7) is 5.81. The third kappa shape index (κ3) is 3.82. The van der Waals surface area contributed by atoms with Gasteiger partial charge >= 0.3 is 0 Å². The van der Waals surface area contributed by atoms with Gasteiger partial charge in [-0.1, -0.05) is 0 Å². The second-order valence-corrected chi connectivity index (χ2v) is 5.19. The van der Waals surface area contributed by atoms with Gasteiger partial charge < -0.3 is 15.2 Å². The largest absolute Gasteiger partial charge is 0.349 e. The first-order valence-electron chi connectivity index (χ1n) is 6.66. The molecule has 0 aliphatic carbocycles. The number of aromatic nitrogens is 2. The van der Waals surface area contributed by atoms with E-state index in [1.54, 1.807) is 0 Å². The Bertz CT molecular complexity index is 309. The van der Waals surface area contributed by atoms with E-state index in [0.29, 0.717) is 6.04 Å². The molecule has 0 aromatic carbocycles. The molecule has 2 heterocycles. The highest BCUT2D eigenvalue weighted by Gasteiger charge is 2.22. The number of rotatable bonds is 5. The first-order chi connectivity index (χ1) is 8.25. The van der Waals surface area contributed by atoms with E-state index in [4.69, 9.17) is 0 Å². The van der Waals surface area contributed by atoms with Gasteiger partial charge in [-0.3, -0.25) is 0 Å². The van der Waals surface area contributed by atoms with Gasteiger partial charge in [-0.15, -0.1) is 0 Å². The monoisotopic (exact) mass is 236 g/mol. The number of piperidine rings is 1. The molecule has 0 saturated carbocycles. The lowest BCUT2D eigenvalue weighted by Gasteiger charge is -2.34. The van der Waals surface area contributed by atoms with Gasteiger partial charge in [0, 0.05) is 37.9 Å². The van der Waals surface area contributed by atoms with Crippen LogP contribution in [0.25, 0.3) is 0 Å². The van der Waals surface area contributed by atoms with Crippen LogP contribution in [0, 0.1) is 5.92 Å². The Hall–Kier alpha value is -0.870. The Morgan fingerprint density at radius 2 is 2.53 bits per heavy atom. The van der Waals surface area contributed by atoms with Crippen LogP contribution in [-0.4, -0.2) is 47.6 Å². The van der Waals surface area contributed by atoms with E-state index < -0.39 is 0 Å². The van der Waals surface area contributed by atoms with Crippen LogP contribution in [-0.2, 0) is 6.42 Å². The van der Waals surface area contributed by atoms with E-state index in [2.05, 4.69) is 34.2 Å². The highest BCUT2D eigenvalue weighted by Crippen LogP contribution is 2.18. The number of hydrogen-bond donors (Lipinski definition) is 2. The molecule has 2 atom stereocenters. The number of aromatic amines is 1. The van der Waals surface area contributed by atoms with E-state index in [9.17, 15) is 0 Å². The fourth-order valence-electron chi connectivity index (χ4n) is 2.63. The smallest absolute Gasteiger partial charge is 0.107 e. The Kier molecular flexibility index (Phi) is 4.57. The SMILES string of the molecule is CC(NCCc1ncc[nH]1)C1CCCN(C)C1. The molecule has 1 aromatic rings. The molecule has 1 aromatic heterocycles. The molecule has 1 saturated heterocycles. The summed E-state index contributed by atoms with van der Waals surface area (Å²) in [7, 11) is 2.22. The molecular weight excluding hydrogens is 212 g/mol. The van der Waals surface area contributed by atoms with Crippen molar-refractivity contribution >= 4 is 0 Å². The molecular formula is C13H24N4. The summed E-state index contributed by atoms with van der Waals surface area (Å²) in [6.07, 6.45) is 7.38. The lowest BCUT2D eigenvalue weighted by molar-refractivity contribution is 0.179. The van der Waals surface area contributed by atoms with E-state index in [1.165, 1.54) is 25.9 Å². The van der Waals surface area contributed by atoms with Gasteiger partial charge in [-0.05, 0) is 39.3 Å². The van der Waals surface area contributed by atoms with Gasteiger partial charge in [0.2, 0.25) is 0 Å². The van der Waals surface area contributed by atoms with Crippen molar-refractivity contribution in [3.63, 3.8) is 0 Å². The summed E-state index contributed by atoms with van der Waals surface area (Å²) < 4.78 is 0. The van der Waals surface area contributed by atoms with Gasteiger partial charge in [0.25, 0.3) is 0 Å². The highest BCUT2D eigenvalue weighted by atomic mass is 15.1. The zero-order chi connectivity index (χ0) is 12.1. The van der Waals surface area contributed by atoms with Crippen LogP contribution in [0.5, 0.6) is 0 Å². The number of nitrogens with one attached hydrogen (secondary N) is 2. The Balaban J connectivity index is 1.68. The van der Waals surface area contributed by atoms with Crippen molar-refractivity contribution in [3.05, 3.63) is 18.2 Å². The van der Waals surface area contributed by atoms with Crippen LogP contribution in [0.15, 0.2) is 12.4 Å². The number of likely N-dealkylation sites (tertiary alicyclic amines) is 1. The third-order valence-electron chi connectivity index (χ3n) is 3.75. The molecule has 17 heavy (non-hydrogen) atoms. The molecule has 2 rings (SSSR count). The molecule has 2 unspecified atom stereocenters. The van der Waals surface area contributed by atoms with Crippen LogP contribution in [0.1, 0.15) is 25.6 Å². The summed E-state index contributed by atoms with van der Waals surface area (Å²) in [6, 6.07) is 0.604. The molecule has 1 aliphatic rings. The fraction of sp³-hybridized carbons (Fsp3) is 0.769. The maximum atomic E-state index is 4.23. The normalized spacial score (nSPS) is 23.8. The summed E-state index contributed by atoms with van der Waals surface area (Å²) in [5.74, 6) is 1.87. The lowest BCUT2D eigenvalue weighted by atomic mass is 9.92. The van der Waals surface area contributed by atoms with Crippen molar-refractivity contribution in [1.82, 2.24) is 20.2 Å². The van der Waals surface area contributed by atoms with Crippen molar-refractivity contribution in [2.24, 2.45) is 5.92 Å². The summed E-state index contributed by atoms with van der Waals surface area (Å²) in [5.41, 5.74) is 0. The van der Waals surface area contributed by atoms with E-state index in [0.717, 1.165) is 24.7 Å². The van der Waals surface area contributed by atoms with Crippen LogP contribution in [0.2, 0.25) is 0 Å². The first-order valence-corrected chi connectivity index (χ1v) is 6.66.